The maximum Gasteiger partial charge on any atom is 0.246 e. The average molecular weight is 281 g/mol. The van der Waals surface area contributed by atoms with Crippen LogP contribution in [0.15, 0.2) is 4.52 Å². The van der Waals surface area contributed by atoms with E-state index in [9.17, 15) is 0 Å². The van der Waals surface area contributed by atoms with Gasteiger partial charge in [-0.1, -0.05) is 37.3 Å². The molecule has 4 nitrogen and oxygen atoms in total. The minimum Gasteiger partial charge on any atom is -0.337 e. The molecule has 19 heavy (non-hydrogen) atoms. The first-order valence-electron chi connectivity index (χ1n) is 7.52. The molecule has 1 saturated carbocycles. The zero-order valence-electron chi connectivity index (χ0n) is 11.4. The third-order valence-corrected chi connectivity index (χ3v) is 5.70. The number of hydrogen-bond acceptors (Lipinski definition) is 5. The third kappa shape index (κ3) is 2.97. The lowest BCUT2D eigenvalue weighted by Gasteiger charge is -2.23. The Bertz CT molecular complexity index is 407. The van der Waals surface area contributed by atoms with Crippen molar-refractivity contribution >= 4 is 11.8 Å². The molecule has 2 aliphatic rings. The highest BCUT2D eigenvalue weighted by molar-refractivity contribution is 7.99. The van der Waals surface area contributed by atoms with E-state index in [1.807, 2.05) is 11.8 Å². The summed E-state index contributed by atoms with van der Waals surface area (Å²) in [6.45, 7) is 0. The second-order valence-corrected chi connectivity index (χ2v) is 7.19. The Kier molecular flexibility index (Phi) is 4.12. The Labute approximate surface area is 118 Å². The van der Waals surface area contributed by atoms with Crippen LogP contribution in [0.25, 0.3) is 0 Å². The summed E-state index contributed by atoms with van der Waals surface area (Å²) in [6.07, 6.45) is 10.6. The fourth-order valence-corrected chi connectivity index (χ4v) is 4.32. The molecular weight excluding hydrogens is 258 g/mol. The van der Waals surface area contributed by atoms with E-state index >= 15 is 0 Å². The number of rotatable bonds is 2. The summed E-state index contributed by atoms with van der Waals surface area (Å²) in [5.41, 5.74) is 6.15. The Morgan fingerprint density at radius 3 is 2.58 bits per heavy atom. The molecule has 1 saturated heterocycles. The molecule has 106 valence electrons. The standard InChI is InChI=1S/C14H23N3OS/c15-14(8-4-1-2-5-9-14)13-16-12(17-18-13)11-7-3-6-10-19-11/h11H,1-10,15H2. The van der Waals surface area contributed by atoms with Crippen LogP contribution < -0.4 is 5.73 Å². The molecule has 0 spiro atoms. The van der Waals surface area contributed by atoms with Crippen LogP contribution in [0.5, 0.6) is 0 Å². The van der Waals surface area contributed by atoms with Crippen LogP contribution in [0.4, 0.5) is 0 Å². The first-order chi connectivity index (χ1) is 9.28. The fraction of sp³-hybridized carbons (Fsp3) is 0.857. The van der Waals surface area contributed by atoms with Crippen LogP contribution in [-0.2, 0) is 5.54 Å². The van der Waals surface area contributed by atoms with Crippen molar-refractivity contribution < 1.29 is 4.52 Å². The van der Waals surface area contributed by atoms with Crippen LogP contribution in [0.1, 0.15) is 74.8 Å². The van der Waals surface area contributed by atoms with Crippen molar-refractivity contribution in [1.82, 2.24) is 10.1 Å². The monoisotopic (exact) mass is 281 g/mol. The summed E-state index contributed by atoms with van der Waals surface area (Å²) in [6, 6.07) is 0. The summed E-state index contributed by atoms with van der Waals surface area (Å²) >= 11 is 1.95. The zero-order valence-corrected chi connectivity index (χ0v) is 12.3. The minimum absolute atomic E-state index is 0.374. The summed E-state index contributed by atoms with van der Waals surface area (Å²) in [5, 5.41) is 4.62. The summed E-state index contributed by atoms with van der Waals surface area (Å²) in [7, 11) is 0. The van der Waals surface area contributed by atoms with E-state index in [1.54, 1.807) is 0 Å². The summed E-state index contributed by atoms with van der Waals surface area (Å²) < 4.78 is 5.52. The number of nitrogens with zero attached hydrogens (tertiary/aromatic N) is 2. The predicted octanol–water partition coefficient (Wildman–Crippen LogP) is 3.54. The topological polar surface area (TPSA) is 64.9 Å². The number of hydrogen-bond donors (Lipinski definition) is 1. The van der Waals surface area contributed by atoms with Crippen molar-refractivity contribution in [2.24, 2.45) is 5.73 Å². The van der Waals surface area contributed by atoms with Crippen LogP contribution in [-0.4, -0.2) is 15.9 Å². The molecule has 1 aromatic rings. The van der Waals surface area contributed by atoms with Gasteiger partial charge in [0.25, 0.3) is 0 Å². The first kappa shape index (κ1) is 13.4. The SMILES string of the molecule is NC1(c2nc(C3CCCCS3)no2)CCCCCC1. The molecule has 1 aromatic heterocycles. The highest BCUT2D eigenvalue weighted by Gasteiger charge is 2.35. The molecule has 2 fully saturated rings. The third-order valence-electron chi connectivity index (χ3n) is 4.33. The maximum absolute atomic E-state index is 6.52. The van der Waals surface area contributed by atoms with Crippen LogP contribution in [0, 0.1) is 0 Å². The molecule has 5 heteroatoms. The van der Waals surface area contributed by atoms with Gasteiger partial charge < -0.3 is 10.3 Å². The van der Waals surface area contributed by atoms with Crippen molar-refractivity contribution in [2.75, 3.05) is 5.75 Å². The molecule has 0 bridgehead atoms. The van der Waals surface area contributed by atoms with Crippen molar-refractivity contribution in [3.8, 4) is 0 Å². The minimum atomic E-state index is -0.374. The van der Waals surface area contributed by atoms with Gasteiger partial charge in [-0.3, -0.25) is 0 Å². The van der Waals surface area contributed by atoms with Gasteiger partial charge in [-0.25, -0.2) is 0 Å². The molecule has 3 rings (SSSR count). The molecule has 1 unspecified atom stereocenters. The summed E-state index contributed by atoms with van der Waals surface area (Å²) in [5.74, 6) is 2.76. The van der Waals surface area contributed by atoms with Crippen molar-refractivity contribution in [3.63, 3.8) is 0 Å². The van der Waals surface area contributed by atoms with Crippen LogP contribution >= 0.6 is 11.8 Å². The lowest BCUT2D eigenvalue weighted by atomic mass is 9.91. The van der Waals surface area contributed by atoms with Crippen molar-refractivity contribution in [1.29, 1.82) is 0 Å². The number of nitrogens with two attached hydrogens (primary N) is 1. The van der Waals surface area contributed by atoms with Crippen LogP contribution in [0.3, 0.4) is 0 Å². The molecule has 1 aliphatic carbocycles. The van der Waals surface area contributed by atoms with Gasteiger partial charge in [0.05, 0.1) is 10.8 Å². The van der Waals surface area contributed by atoms with E-state index in [1.165, 1.54) is 50.7 Å². The Balaban J connectivity index is 1.75. The fourth-order valence-electron chi connectivity index (χ4n) is 3.09. The van der Waals surface area contributed by atoms with E-state index in [2.05, 4.69) is 10.1 Å². The zero-order chi connectivity index (χ0) is 13.1. The smallest absolute Gasteiger partial charge is 0.246 e. The van der Waals surface area contributed by atoms with Gasteiger partial charge >= 0.3 is 0 Å². The lowest BCUT2D eigenvalue weighted by Crippen LogP contribution is -2.36. The predicted molar refractivity (Wildman–Crippen MR) is 76.9 cm³/mol. The highest BCUT2D eigenvalue weighted by atomic mass is 32.2. The molecular formula is C14H23N3OS. The quantitative estimate of drug-likeness (QED) is 0.840. The number of thioether (sulfide) groups is 1. The molecule has 1 atom stereocenters. The van der Waals surface area contributed by atoms with Gasteiger partial charge in [-0.05, 0) is 31.4 Å². The largest absolute Gasteiger partial charge is 0.337 e. The second kappa shape index (κ2) is 5.83. The first-order valence-corrected chi connectivity index (χ1v) is 8.57. The van der Waals surface area contributed by atoms with Crippen LogP contribution in [0.2, 0.25) is 0 Å². The molecule has 1 aliphatic heterocycles. The van der Waals surface area contributed by atoms with Crippen molar-refractivity contribution in [3.05, 3.63) is 11.7 Å². The lowest BCUT2D eigenvalue weighted by molar-refractivity contribution is 0.256. The Morgan fingerprint density at radius 2 is 1.89 bits per heavy atom. The van der Waals surface area contributed by atoms with Gasteiger partial charge in [0.2, 0.25) is 5.89 Å². The van der Waals surface area contributed by atoms with E-state index < -0.39 is 0 Å². The van der Waals surface area contributed by atoms with Gasteiger partial charge in [0.15, 0.2) is 5.82 Å². The van der Waals surface area contributed by atoms with Gasteiger partial charge in [0, 0.05) is 0 Å². The molecule has 0 aromatic carbocycles. The van der Waals surface area contributed by atoms with Gasteiger partial charge in [-0.15, -0.1) is 0 Å². The highest BCUT2D eigenvalue weighted by Crippen LogP contribution is 2.38. The normalized spacial score (nSPS) is 27.9. The van der Waals surface area contributed by atoms with Gasteiger partial charge in [0.1, 0.15) is 0 Å². The molecule has 2 N–H and O–H groups in total. The second-order valence-electron chi connectivity index (χ2n) is 5.88. The Hall–Kier alpha value is -0.550. The molecule has 2 heterocycles. The van der Waals surface area contributed by atoms with E-state index in [-0.39, 0.29) is 5.54 Å². The van der Waals surface area contributed by atoms with E-state index in [0.717, 1.165) is 18.7 Å². The summed E-state index contributed by atoms with van der Waals surface area (Å²) in [4.78, 5) is 4.65. The van der Waals surface area contributed by atoms with E-state index in [4.69, 9.17) is 10.3 Å². The Morgan fingerprint density at radius 1 is 1.11 bits per heavy atom. The maximum atomic E-state index is 6.52. The molecule has 0 amide bonds. The molecule has 0 radical (unpaired) electrons. The van der Waals surface area contributed by atoms with Gasteiger partial charge in [-0.2, -0.15) is 16.7 Å². The van der Waals surface area contributed by atoms with Crippen molar-refractivity contribution in [2.45, 2.75) is 68.6 Å². The van der Waals surface area contributed by atoms with E-state index in [0.29, 0.717) is 11.1 Å². The number of aromatic nitrogens is 2. The average Bonchev–Trinajstić information content (AvgIpc) is 2.85.